The van der Waals surface area contributed by atoms with E-state index >= 15 is 0 Å². The molecule has 160 valence electrons. The number of aromatic nitrogens is 1. The molecule has 0 spiro atoms. The maximum absolute atomic E-state index is 11.9. The molecule has 2 N–H and O–H groups in total. The Kier molecular flexibility index (Phi) is 6.31. The molecule has 2 heterocycles. The van der Waals surface area contributed by atoms with E-state index in [1.54, 1.807) is 13.0 Å². The zero-order valence-corrected chi connectivity index (χ0v) is 17.6. The summed E-state index contributed by atoms with van der Waals surface area (Å²) in [6.45, 7) is 4.10. The van der Waals surface area contributed by atoms with Crippen LogP contribution in [0.2, 0.25) is 0 Å². The van der Waals surface area contributed by atoms with Crippen molar-refractivity contribution in [2.75, 3.05) is 23.3 Å². The van der Waals surface area contributed by atoms with Crippen LogP contribution in [0.15, 0.2) is 59.1 Å². The van der Waals surface area contributed by atoms with Gasteiger partial charge in [0.2, 0.25) is 0 Å². The van der Waals surface area contributed by atoms with E-state index in [-0.39, 0.29) is 5.82 Å². The first-order valence-electron chi connectivity index (χ1n) is 10.5. The molecule has 31 heavy (non-hydrogen) atoms. The molecule has 0 saturated carbocycles. The lowest BCUT2D eigenvalue weighted by Crippen LogP contribution is -2.36. The lowest BCUT2D eigenvalue weighted by Gasteiger charge is -2.30. The van der Waals surface area contributed by atoms with Gasteiger partial charge in [0.15, 0.2) is 5.82 Å². The first-order valence-corrected chi connectivity index (χ1v) is 10.5. The van der Waals surface area contributed by atoms with Crippen molar-refractivity contribution >= 4 is 23.3 Å². The molecule has 0 fully saturated rings. The Morgan fingerprint density at radius 2 is 1.84 bits per heavy atom. The molecule has 1 aliphatic rings. The second-order valence-electron chi connectivity index (χ2n) is 7.74. The van der Waals surface area contributed by atoms with E-state index in [1.807, 2.05) is 0 Å². The summed E-state index contributed by atoms with van der Waals surface area (Å²) >= 11 is 0. The quantitative estimate of drug-likeness (QED) is 0.474. The standard InChI is InChI=1S/C24H26N4O3/c1-17-15-22(27-31-17)26-24(30)23(29)25-13-4-5-18-8-10-21(11-9-18)28-14-12-19-6-2-3-7-20(19)16-28/h2-3,6-11,15H,4-5,12-14,16H2,1H3,(H,25,29)(H,26,27,30). The number of nitrogens with one attached hydrogen (secondary N) is 2. The summed E-state index contributed by atoms with van der Waals surface area (Å²) in [5, 5.41) is 8.67. The van der Waals surface area contributed by atoms with Crippen LogP contribution >= 0.6 is 0 Å². The summed E-state index contributed by atoms with van der Waals surface area (Å²) in [4.78, 5) is 26.1. The fourth-order valence-electron chi connectivity index (χ4n) is 3.76. The van der Waals surface area contributed by atoms with E-state index in [0.717, 1.165) is 32.4 Å². The summed E-state index contributed by atoms with van der Waals surface area (Å²) < 4.78 is 4.86. The second-order valence-corrected chi connectivity index (χ2v) is 7.74. The minimum absolute atomic E-state index is 0.231. The van der Waals surface area contributed by atoms with Gasteiger partial charge in [0.05, 0.1) is 0 Å². The molecule has 2 amide bonds. The number of amides is 2. The predicted octanol–water partition coefficient (Wildman–Crippen LogP) is 3.23. The van der Waals surface area contributed by atoms with Crippen molar-refractivity contribution in [1.29, 1.82) is 0 Å². The van der Waals surface area contributed by atoms with E-state index in [0.29, 0.717) is 12.3 Å². The molecule has 0 aliphatic carbocycles. The van der Waals surface area contributed by atoms with Crippen LogP contribution in [-0.4, -0.2) is 30.1 Å². The lowest BCUT2D eigenvalue weighted by atomic mass is 9.99. The van der Waals surface area contributed by atoms with Crippen LogP contribution in [-0.2, 0) is 29.0 Å². The van der Waals surface area contributed by atoms with Crippen LogP contribution in [0.5, 0.6) is 0 Å². The molecule has 7 heteroatoms. The fraction of sp³-hybridized carbons (Fsp3) is 0.292. The van der Waals surface area contributed by atoms with Gasteiger partial charge in [0, 0.05) is 31.4 Å². The van der Waals surface area contributed by atoms with Gasteiger partial charge in [-0.3, -0.25) is 14.9 Å². The number of carbonyl (C=O) groups is 2. The van der Waals surface area contributed by atoms with Gasteiger partial charge in [-0.15, -0.1) is 0 Å². The molecular weight excluding hydrogens is 392 g/mol. The smallest absolute Gasteiger partial charge is 0.314 e. The fourth-order valence-corrected chi connectivity index (χ4v) is 3.76. The van der Waals surface area contributed by atoms with E-state index in [2.05, 4.69) is 69.2 Å². The van der Waals surface area contributed by atoms with E-state index in [4.69, 9.17) is 4.52 Å². The molecule has 4 rings (SSSR count). The molecule has 1 aliphatic heterocycles. The third-order valence-electron chi connectivity index (χ3n) is 5.44. The number of rotatable bonds is 6. The number of anilines is 2. The van der Waals surface area contributed by atoms with Crippen LogP contribution in [0, 0.1) is 6.92 Å². The normalized spacial score (nSPS) is 12.9. The van der Waals surface area contributed by atoms with Gasteiger partial charge in [0.25, 0.3) is 0 Å². The molecule has 7 nitrogen and oxygen atoms in total. The van der Waals surface area contributed by atoms with Crippen LogP contribution < -0.4 is 15.5 Å². The van der Waals surface area contributed by atoms with Crippen molar-refractivity contribution in [3.63, 3.8) is 0 Å². The molecule has 0 atom stereocenters. The summed E-state index contributed by atoms with van der Waals surface area (Å²) in [5.74, 6) is -0.635. The second kappa shape index (κ2) is 9.47. The van der Waals surface area contributed by atoms with Gasteiger partial charge in [-0.25, -0.2) is 0 Å². The van der Waals surface area contributed by atoms with E-state index < -0.39 is 11.8 Å². The third-order valence-corrected chi connectivity index (χ3v) is 5.44. The molecule has 3 aromatic rings. The van der Waals surface area contributed by atoms with Gasteiger partial charge in [-0.05, 0) is 55.0 Å². The molecule has 0 bridgehead atoms. The number of hydrogen-bond donors (Lipinski definition) is 2. The zero-order valence-electron chi connectivity index (χ0n) is 17.6. The number of fused-ring (bicyclic) bond motifs is 1. The highest BCUT2D eigenvalue weighted by atomic mass is 16.5. The van der Waals surface area contributed by atoms with Crippen LogP contribution in [0.1, 0.15) is 28.9 Å². The number of carbonyl (C=O) groups excluding carboxylic acids is 2. The maximum atomic E-state index is 11.9. The minimum atomic E-state index is -0.749. The SMILES string of the molecule is Cc1cc(NC(=O)C(=O)NCCCc2ccc(N3CCc4ccccc4C3)cc2)no1. The molecule has 0 unspecified atom stereocenters. The van der Waals surface area contributed by atoms with E-state index in [1.165, 1.54) is 22.4 Å². The lowest BCUT2D eigenvalue weighted by molar-refractivity contribution is -0.136. The van der Waals surface area contributed by atoms with Gasteiger partial charge in [-0.1, -0.05) is 41.6 Å². The summed E-state index contributed by atoms with van der Waals surface area (Å²) in [6, 6.07) is 18.8. The highest BCUT2D eigenvalue weighted by Crippen LogP contribution is 2.24. The Morgan fingerprint density at radius 3 is 2.58 bits per heavy atom. The Hall–Kier alpha value is -3.61. The number of hydrogen-bond acceptors (Lipinski definition) is 5. The van der Waals surface area contributed by atoms with Gasteiger partial charge in [-0.2, -0.15) is 0 Å². The largest absolute Gasteiger partial charge is 0.367 e. The molecule has 1 aromatic heterocycles. The third kappa shape index (κ3) is 5.31. The predicted molar refractivity (Wildman–Crippen MR) is 119 cm³/mol. The van der Waals surface area contributed by atoms with Crippen molar-refractivity contribution < 1.29 is 14.1 Å². The first-order chi connectivity index (χ1) is 15.1. The molecule has 0 radical (unpaired) electrons. The molecular formula is C24H26N4O3. The highest BCUT2D eigenvalue weighted by Gasteiger charge is 2.16. The Bertz CT molecular complexity index is 1060. The average molecular weight is 418 g/mol. The Morgan fingerprint density at radius 1 is 1.06 bits per heavy atom. The Labute approximate surface area is 181 Å². The average Bonchev–Trinajstić information content (AvgIpc) is 3.21. The number of nitrogens with zero attached hydrogens (tertiary/aromatic N) is 2. The van der Waals surface area contributed by atoms with E-state index in [9.17, 15) is 9.59 Å². The molecule has 0 saturated heterocycles. The van der Waals surface area contributed by atoms with Gasteiger partial charge < -0.3 is 14.7 Å². The number of benzene rings is 2. The first kappa shape index (κ1) is 20.7. The Balaban J connectivity index is 1.20. The summed E-state index contributed by atoms with van der Waals surface area (Å²) in [5.41, 5.74) is 5.28. The van der Waals surface area contributed by atoms with Crippen molar-refractivity contribution in [3.8, 4) is 0 Å². The van der Waals surface area contributed by atoms with Gasteiger partial charge in [0.1, 0.15) is 5.76 Å². The molecule has 2 aromatic carbocycles. The zero-order chi connectivity index (χ0) is 21.6. The van der Waals surface area contributed by atoms with Crippen molar-refractivity contribution in [3.05, 3.63) is 77.0 Å². The summed E-state index contributed by atoms with van der Waals surface area (Å²) in [6.07, 6.45) is 2.65. The highest BCUT2D eigenvalue weighted by molar-refractivity contribution is 6.39. The minimum Gasteiger partial charge on any atom is -0.367 e. The van der Waals surface area contributed by atoms with Crippen molar-refractivity contribution in [2.45, 2.75) is 32.7 Å². The van der Waals surface area contributed by atoms with Crippen molar-refractivity contribution in [2.24, 2.45) is 0 Å². The summed E-state index contributed by atoms with van der Waals surface area (Å²) in [7, 11) is 0. The van der Waals surface area contributed by atoms with Crippen LogP contribution in [0.25, 0.3) is 0 Å². The maximum Gasteiger partial charge on any atom is 0.314 e. The monoisotopic (exact) mass is 418 g/mol. The van der Waals surface area contributed by atoms with Crippen molar-refractivity contribution in [1.82, 2.24) is 10.5 Å². The number of aryl methyl sites for hydroxylation is 2. The topological polar surface area (TPSA) is 87.5 Å². The van der Waals surface area contributed by atoms with Crippen LogP contribution in [0.3, 0.4) is 0 Å². The van der Waals surface area contributed by atoms with Gasteiger partial charge >= 0.3 is 11.8 Å². The van der Waals surface area contributed by atoms with Crippen LogP contribution in [0.4, 0.5) is 11.5 Å².